The van der Waals surface area contributed by atoms with Gasteiger partial charge >= 0.3 is 0 Å². The number of piperidine rings is 1. The fourth-order valence-corrected chi connectivity index (χ4v) is 5.33. The Morgan fingerprint density at radius 1 is 1.00 bits per heavy atom. The van der Waals surface area contributed by atoms with E-state index in [9.17, 15) is 0 Å². The third kappa shape index (κ3) is 4.39. The minimum atomic E-state index is 0.619. The molecule has 2 aliphatic heterocycles. The minimum Gasteiger partial charge on any atom is -0.362 e. The van der Waals surface area contributed by atoms with E-state index in [1.165, 1.54) is 69.2 Å². The van der Waals surface area contributed by atoms with E-state index in [4.69, 9.17) is 0 Å². The third-order valence-electron chi connectivity index (χ3n) is 5.52. The molecule has 0 aromatic heterocycles. The molecule has 0 aromatic rings. The highest BCUT2D eigenvalue weighted by molar-refractivity contribution is 9.11. The maximum absolute atomic E-state index is 3.90. The first-order valence-corrected chi connectivity index (χ1v) is 10.6. The van der Waals surface area contributed by atoms with Crippen molar-refractivity contribution in [3.05, 3.63) is 22.8 Å². The molecule has 2 fully saturated rings. The van der Waals surface area contributed by atoms with Gasteiger partial charge in [0, 0.05) is 19.6 Å². The standard InChI is InChI=1S/C18H28Br2N2/c19-17-9-3-5-11-21(17)13-15-7-1-2-8-16(15)14-22-12-6-4-10-18(22)20/h3,5,9,15-16,18H,1-2,4,6-8,10-14H2. The number of hydrogen-bond acceptors (Lipinski definition) is 2. The van der Waals surface area contributed by atoms with Crippen LogP contribution in [0.15, 0.2) is 22.8 Å². The topological polar surface area (TPSA) is 6.48 Å². The van der Waals surface area contributed by atoms with E-state index in [1.54, 1.807) is 0 Å². The Morgan fingerprint density at radius 2 is 1.73 bits per heavy atom. The average molecular weight is 432 g/mol. The van der Waals surface area contributed by atoms with Gasteiger partial charge in [-0.25, -0.2) is 0 Å². The molecule has 2 heterocycles. The first-order valence-electron chi connectivity index (χ1n) is 8.89. The van der Waals surface area contributed by atoms with E-state index in [-0.39, 0.29) is 0 Å². The lowest BCUT2D eigenvalue weighted by Gasteiger charge is -2.41. The molecule has 2 nitrogen and oxygen atoms in total. The summed E-state index contributed by atoms with van der Waals surface area (Å²) in [5.74, 6) is 1.72. The normalized spacial score (nSPS) is 33.8. The molecule has 0 bridgehead atoms. The maximum atomic E-state index is 3.90. The van der Waals surface area contributed by atoms with E-state index in [1.807, 2.05) is 0 Å². The van der Waals surface area contributed by atoms with Gasteiger partial charge in [-0.3, -0.25) is 4.90 Å². The quantitative estimate of drug-likeness (QED) is 0.450. The van der Waals surface area contributed by atoms with E-state index in [0.29, 0.717) is 4.95 Å². The highest BCUT2D eigenvalue weighted by Gasteiger charge is 2.31. The third-order valence-corrected chi connectivity index (χ3v) is 7.32. The molecule has 3 rings (SSSR count). The van der Waals surface area contributed by atoms with Crippen LogP contribution in [0.4, 0.5) is 0 Å². The monoisotopic (exact) mass is 430 g/mol. The van der Waals surface area contributed by atoms with Crippen molar-refractivity contribution in [3.8, 4) is 0 Å². The summed E-state index contributed by atoms with van der Waals surface area (Å²) in [6.07, 6.45) is 16.4. The molecule has 1 saturated carbocycles. The number of likely N-dealkylation sites (tertiary alicyclic amines) is 1. The summed E-state index contributed by atoms with van der Waals surface area (Å²) in [4.78, 5) is 5.83. The van der Waals surface area contributed by atoms with Crippen LogP contribution >= 0.6 is 31.9 Å². The van der Waals surface area contributed by atoms with Crippen LogP contribution < -0.4 is 0 Å². The summed E-state index contributed by atoms with van der Waals surface area (Å²) in [6.45, 7) is 4.86. The van der Waals surface area contributed by atoms with Gasteiger partial charge in [0.15, 0.2) is 0 Å². The van der Waals surface area contributed by atoms with E-state index >= 15 is 0 Å². The van der Waals surface area contributed by atoms with Crippen LogP contribution in [0.3, 0.4) is 0 Å². The van der Waals surface area contributed by atoms with Gasteiger partial charge in [0.05, 0.1) is 9.56 Å². The molecule has 1 saturated heterocycles. The summed E-state index contributed by atoms with van der Waals surface area (Å²) in [7, 11) is 0. The number of rotatable bonds is 4. The number of alkyl halides is 1. The van der Waals surface area contributed by atoms with Crippen molar-refractivity contribution in [1.82, 2.24) is 9.80 Å². The van der Waals surface area contributed by atoms with Crippen molar-refractivity contribution in [3.63, 3.8) is 0 Å². The molecule has 3 aliphatic rings. The molecule has 0 radical (unpaired) electrons. The molecule has 1 aliphatic carbocycles. The number of allylic oxidation sites excluding steroid dienone is 2. The lowest BCUT2D eigenvalue weighted by atomic mass is 9.78. The van der Waals surface area contributed by atoms with Crippen LogP contribution in [0.25, 0.3) is 0 Å². The SMILES string of the molecule is BrC1=CC=CCN1CC1CCCCC1CN1CCCCC1Br. The molecule has 0 aromatic carbocycles. The van der Waals surface area contributed by atoms with Gasteiger partial charge in [0.1, 0.15) is 0 Å². The second kappa shape index (κ2) is 8.34. The summed E-state index contributed by atoms with van der Waals surface area (Å²) in [6, 6.07) is 0. The van der Waals surface area contributed by atoms with E-state index in [0.717, 1.165) is 18.4 Å². The Labute approximate surface area is 152 Å². The lowest BCUT2D eigenvalue weighted by molar-refractivity contribution is 0.110. The highest BCUT2D eigenvalue weighted by Crippen LogP contribution is 2.34. The van der Waals surface area contributed by atoms with Crippen LogP contribution in [0.5, 0.6) is 0 Å². The van der Waals surface area contributed by atoms with Crippen LogP contribution in [-0.2, 0) is 0 Å². The van der Waals surface area contributed by atoms with Crippen molar-refractivity contribution in [2.75, 3.05) is 26.2 Å². The second-order valence-electron chi connectivity index (χ2n) is 7.05. The minimum absolute atomic E-state index is 0.619. The summed E-state index contributed by atoms with van der Waals surface area (Å²) < 4.78 is 1.26. The molecule has 124 valence electrons. The second-order valence-corrected chi connectivity index (χ2v) is 8.92. The highest BCUT2D eigenvalue weighted by atomic mass is 79.9. The molecule has 0 N–H and O–H groups in total. The first kappa shape index (κ1) is 17.0. The first-order chi connectivity index (χ1) is 10.7. The Hall–Kier alpha value is 0.200. The largest absolute Gasteiger partial charge is 0.362 e. The predicted octanol–water partition coefficient (Wildman–Crippen LogP) is 5.11. The Morgan fingerprint density at radius 3 is 2.45 bits per heavy atom. The fourth-order valence-electron chi connectivity index (χ4n) is 4.20. The van der Waals surface area contributed by atoms with Gasteiger partial charge in [0.25, 0.3) is 0 Å². The van der Waals surface area contributed by atoms with Gasteiger partial charge in [-0.1, -0.05) is 40.9 Å². The number of hydrogen-bond donors (Lipinski definition) is 0. The molecule has 4 heteroatoms. The lowest BCUT2D eigenvalue weighted by Crippen LogP contribution is -2.43. The molecule has 3 unspecified atom stereocenters. The van der Waals surface area contributed by atoms with Gasteiger partial charge in [-0.2, -0.15) is 0 Å². The molecular formula is C18H28Br2N2. The fraction of sp³-hybridized carbons (Fsp3) is 0.778. The van der Waals surface area contributed by atoms with Gasteiger partial charge in [-0.15, -0.1) is 0 Å². The number of halogens is 2. The Kier molecular flexibility index (Phi) is 6.46. The smallest absolute Gasteiger partial charge is 0.0808 e. The van der Waals surface area contributed by atoms with Crippen molar-refractivity contribution in [1.29, 1.82) is 0 Å². The van der Waals surface area contributed by atoms with Crippen LogP contribution in [-0.4, -0.2) is 40.9 Å². The van der Waals surface area contributed by atoms with Crippen molar-refractivity contribution >= 4 is 31.9 Å². The summed E-state index contributed by atoms with van der Waals surface area (Å²) in [5, 5.41) is 0. The zero-order chi connectivity index (χ0) is 15.4. The predicted molar refractivity (Wildman–Crippen MR) is 101 cm³/mol. The van der Waals surface area contributed by atoms with Crippen molar-refractivity contribution in [2.45, 2.75) is 49.9 Å². The molecule has 0 spiro atoms. The van der Waals surface area contributed by atoms with E-state index in [2.05, 4.69) is 59.9 Å². The van der Waals surface area contributed by atoms with Gasteiger partial charge < -0.3 is 4.90 Å². The molecule has 3 atom stereocenters. The summed E-state index contributed by atoms with van der Waals surface area (Å²) in [5.41, 5.74) is 0. The Balaban J connectivity index is 1.58. The summed E-state index contributed by atoms with van der Waals surface area (Å²) >= 11 is 7.63. The maximum Gasteiger partial charge on any atom is 0.0808 e. The molecular weight excluding hydrogens is 404 g/mol. The van der Waals surface area contributed by atoms with Crippen molar-refractivity contribution in [2.24, 2.45) is 11.8 Å². The Bertz CT molecular complexity index is 421. The van der Waals surface area contributed by atoms with Gasteiger partial charge in [-0.05, 0) is 72.5 Å². The van der Waals surface area contributed by atoms with E-state index < -0.39 is 0 Å². The molecule has 0 amide bonds. The average Bonchev–Trinajstić information content (AvgIpc) is 2.53. The van der Waals surface area contributed by atoms with Crippen LogP contribution in [0, 0.1) is 11.8 Å². The zero-order valence-electron chi connectivity index (χ0n) is 13.4. The van der Waals surface area contributed by atoms with Gasteiger partial charge in [0.2, 0.25) is 0 Å². The van der Waals surface area contributed by atoms with Crippen LogP contribution in [0.2, 0.25) is 0 Å². The zero-order valence-corrected chi connectivity index (χ0v) is 16.6. The number of nitrogens with zero attached hydrogens (tertiary/aromatic N) is 2. The van der Waals surface area contributed by atoms with Crippen molar-refractivity contribution < 1.29 is 0 Å². The van der Waals surface area contributed by atoms with Crippen LogP contribution in [0.1, 0.15) is 44.9 Å². The molecule has 22 heavy (non-hydrogen) atoms.